The van der Waals surface area contributed by atoms with Crippen LogP contribution in [-0.4, -0.2) is 28.2 Å². The highest BCUT2D eigenvalue weighted by Gasteiger charge is 2.27. The number of allylic oxidation sites excluding steroid dienone is 1. The molecule has 19 heavy (non-hydrogen) atoms. The third-order valence-corrected chi connectivity index (χ3v) is 2.90. The first kappa shape index (κ1) is 14.9. The Kier molecular flexibility index (Phi) is 5.26. The van der Waals surface area contributed by atoms with Crippen molar-refractivity contribution in [1.29, 1.82) is 0 Å². The van der Waals surface area contributed by atoms with E-state index in [2.05, 4.69) is 0 Å². The van der Waals surface area contributed by atoms with E-state index >= 15 is 0 Å². The van der Waals surface area contributed by atoms with Crippen LogP contribution in [0.25, 0.3) is 5.57 Å². The number of nitrogens with two attached hydrogens (primary N) is 1. The topological polar surface area (TPSA) is 101 Å². The number of carbonyl (C=O) groups is 2. The second-order valence-corrected chi connectivity index (χ2v) is 4.18. The molecule has 2 atom stereocenters. The molecule has 0 aliphatic rings. The Hall–Kier alpha value is -2.14. The Bertz CT molecular complexity index is 481. The van der Waals surface area contributed by atoms with Gasteiger partial charge >= 0.3 is 11.9 Å². The predicted molar refractivity (Wildman–Crippen MR) is 71.4 cm³/mol. The molecule has 0 radical (unpaired) electrons. The van der Waals surface area contributed by atoms with Crippen LogP contribution < -0.4 is 5.73 Å². The standard InChI is InChI=1S/C14H17NO4/c1-2-10(9-6-4-3-5-7-9)11(13(16)17)8-12(15)14(18)19/h2-7,11-12H,8,15H2,1H3,(H,16,17)(H,18,19)/b10-2+/t11-,12+/m0/s1. The highest BCUT2D eigenvalue weighted by molar-refractivity contribution is 5.88. The number of carboxylic acids is 2. The summed E-state index contributed by atoms with van der Waals surface area (Å²) >= 11 is 0. The van der Waals surface area contributed by atoms with Crippen molar-refractivity contribution < 1.29 is 19.8 Å². The van der Waals surface area contributed by atoms with E-state index in [1.54, 1.807) is 37.3 Å². The molecule has 1 aromatic carbocycles. The van der Waals surface area contributed by atoms with E-state index in [0.717, 1.165) is 5.56 Å². The molecule has 4 N–H and O–H groups in total. The predicted octanol–water partition coefficient (Wildman–Crippen LogP) is 1.59. The molecule has 0 aliphatic heterocycles. The summed E-state index contributed by atoms with van der Waals surface area (Å²) in [7, 11) is 0. The summed E-state index contributed by atoms with van der Waals surface area (Å²) in [6.45, 7) is 1.73. The lowest BCUT2D eigenvalue weighted by Crippen LogP contribution is -2.34. The number of benzene rings is 1. The molecule has 0 spiro atoms. The fourth-order valence-electron chi connectivity index (χ4n) is 1.92. The minimum absolute atomic E-state index is 0.140. The lowest BCUT2D eigenvalue weighted by atomic mass is 9.87. The molecule has 0 unspecified atom stereocenters. The number of aliphatic carboxylic acids is 2. The van der Waals surface area contributed by atoms with Crippen molar-refractivity contribution >= 4 is 17.5 Å². The Balaban J connectivity index is 3.04. The Morgan fingerprint density at radius 1 is 1.21 bits per heavy atom. The fraction of sp³-hybridized carbons (Fsp3) is 0.286. The lowest BCUT2D eigenvalue weighted by molar-refractivity contribution is -0.141. The van der Waals surface area contributed by atoms with Crippen LogP contribution in [0.4, 0.5) is 0 Å². The second-order valence-electron chi connectivity index (χ2n) is 4.18. The quantitative estimate of drug-likeness (QED) is 0.723. The molecule has 5 heteroatoms. The largest absolute Gasteiger partial charge is 0.481 e. The molecular weight excluding hydrogens is 246 g/mol. The van der Waals surface area contributed by atoms with E-state index in [-0.39, 0.29) is 6.42 Å². The van der Waals surface area contributed by atoms with Crippen molar-refractivity contribution in [2.24, 2.45) is 11.7 Å². The molecule has 0 amide bonds. The third kappa shape index (κ3) is 3.93. The number of hydrogen-bond acceptors (Lipinski definition) is 3. The summed E-state index contributed by atoms with van der Waals surface area (Å²) in [6, 6.07) is 7.81. The number of hydrogen-bond donors (Lipinski definition) is 3. The molecule has 1 rings (SSSR count). The van der Waals surface area contributed by atoms with Gasteiger partial charge in [0.1, 0.15) is 6.04 Å². The van der Waals surface area contributed by atoms with Crippen LogP contribution >= 0.6 is 0 Å². The summed E-state index contributed by atoms with van der Waals surface area (Å²) in [4.78, 5) is 22.1. The van der Waals surface area contributed by atoms with Gasteiger partial charge in [0.2, 0.25) is 0 Å². The maximum absolute atomic E-state index is 11.3. The van der Waals surface area contributed by atoms with Gasteiger partial charge in [-0.15, -0.1) is 0 Å². The maximum Gasteiger partial charge on any atom is 0.320 e. The molecular formula is C14H17NO4. The molecule has 102 valence electrons. The third-order valence-electron chi connectivity index (χ3n) is 2.90. The second kappa shape index (κ2) is 6.70. The van der Waals surface area contributed by atoms with Gasteiger partial charge < -0.3 is 15.9 Å². The van der Waals surface area contributed by atoms with Crippen molar-refractivity contribution in [1.82, 2.24) is 0 Å². The van der Waals surface area contributed by atoms with Crippen LogP contribution in [0.2, 0.25) is 0 Å². The average molecular weight is 263 g/mol. The van der Waals surface area contributed by atoms with E-state index in [0.29, 0.717) is 5.57 Å². The molecule has 0 aromatic heterocycles. The molecule has 1 aromatic rings. The monoisotopic (exact) mass is 263 g/mol. The molecule has 0 fully saturated rings. The first-order chi connectivity index (χ1) is 8.97. The summed E-state index contributed by atoms with van der Waals surface area (Å²) in [6.07, 6.45) is 1.54. The van der Waals surface area contributed by atoms with Crippen LogP contribution in [0.3, 0.4) is 0 Å². The van der Waals surface area contributed by atoms with Crippen LogP contribution in [0.5, 0.6) is 0 Å². The normalized spacial score (nSPS) is 14.7. The lowest BCUT2D eigenvalue weighted by Gasteiger charge is -2.18. The molecule has 0 bridgehead atoms. The van der Waals surface area contributed by atoms with E-state index in [9.17, 15) is 14.7 Å². The van der Waals surface area contributed by atoms with Crippen molar-refractivity contribution in [2.45, 2.75) is 19.4 Å². The molecule has 0 heterocycles. The van der Waals surface area contributed by atoms with Gasteiger partial charge in [-0.3, -0.25) is 9.59 Å². The van der Waals surface area contributed by atoms with Gasteiger partial charge in [-0.25, -0.2) is 0 Å². The van der Waals surface area contributed by atoms with Gasteiger partial charge in [0.05, 0.1) is 5.92 Å². The van der Waals surface area contributed by atoms with Gasteiger partial charge in [-0.1, -0.05) is 36.4 Å². The van der Waals surface area contributed by atoms with Gasteiger partial charge in [-0.05, 0) is 24.5 Å². The number of carboxylic acid groups (broad SMARTS) is 2. The van der Waals surface area contributed by atoms with Crippen molar-refractivity contribution in [3.8, 4) is 0 Å². The minimum atomic E-state index is -1.20. The van der Waals surface area contributed by atoms with Crippen molar-refractivity contribution in [2.75, 3.05) is 0 Å². The van der Waals surface area contributed by atoms with Crippen LogP contribution in [0, 0.1) is 5.92 Å². The maximum atomic E-state index is 11.3. The SMILES string of the molecule is C/C=C(\c1ccccc1)[C@H](C[C@@H](N)C(=O)O)C(=O)O. The minimum Gasteiger partial charge on any atom is -0.481 e. The summed E-state index contributed by atoms with van der Waals surface area (Å²) in [5.41, 5.74) is 6.77. The van der Waals surface area contributed by atoms with Gasteiger partial charge in [0.15, 0.2) is 0 Å². The zero-order valence-corrected chi connectivity index (χ0v) is 10.6. The van der Waals surface area contributed by atoms with E-state index in [1.165, 1.54) is 0 Å². The Morgan fingerprint density at radius 2 is 1.79 bits per heavy atom. The number of rotatable bonds is 6. The first-order valence-corrected chi connectivity index (χ1v) is 5.90. The van der Waals surface area contributed by atoms with Gasteiger partial charge in [-0.2, -0.15) is 0 Å². The smallest absolute Gasteiger partial charge is 0.320 e. The van der Waals surface area contributed by atoms with Crippen molar-refractivity contribution in [3.63, 3.8) is 0 Å². The summed E-state index contributed by atoms with van der Waals surface area (Å²) < 4.78 is 0. The van der Waals surface area contributed by atoms with Gasteiger partial charge in [0, 0.05) is 0 Å². The van der Waals surface area contributed by atoms with Crippen LogP contribution in [0.15, 0.2) is 36.4 Å². The van der Waals surface area contributed by atoms with E-state index in [1.807, 2.05) is 6.07 Å². The molecule has 5 nitrogen and oxygen atoms in total. The van der Waals surface area contributed by atoms with Gasteiger partial charge in [0.25, 0.3) is 0 Å². The fourth-order valence-corrected chi connectivity index (χ4v) is 1.92. The highest BCUT2D eigenvalue weighted by atomic mass is 16.4. The molecule has 0 aliphatic carbocycles. The van der Waals surface area contributed by atoms with E-state index in [4.69, 9.17) is 10.8 Å². The average Bonchev–Trinajstić information content (AvgIpc) is 2.39. The highest BCUT2D eigenvalue weighted by Crippen LogP contribution is 2.27. The Morgan fingerprint density at radius 3 is 2.21 bits per heavy atom. The Labute approximate surface area is 111 Å². The summed E-state index contributed by atoms with van der Waals surface area (Å²) in [5, 5.41) is 18.1. The van der Waals surface area contributed by atoms with E-state index < -0.39 is 23.9 Å². The zero-order chi connectivity index (χ0) is 14.4. The van der Waals surface area contributed by atoms with Crippen LogP contribution in [0.1, 0.15) is 18.9 Å². The zero-order valence-electron chi connectivity index (χ0n) is 10.6. The van der Waals surface area contributed by atoms with Crippen molar-refractivity contribution in [3.05, 3.63) is 42.0 Å². The molecule has 0 saturated carbocycles. The first-order valence-electron chi connectivity index (χ1n) is 5.90. The molecule has 0 saturated heterocycles. The summed E-state index contributed by atoms with van der Waals surface area (Å²) in [5.74, 6) is -3.21. The van der Waals surface area contributed by atoms with Crippen LogP contribution in [-0.2, 0) is 9.59 Å².